The van der Waals surface area contributed by atoms with Crippen LogP contribution in [0.1, 0.15) is 15.9 Å². The van der Waals surface area contributed by atoms with Gasteiger partial charge in [0.2, 0.25) is 5.78 Å². The molecule has 0 aromatic heterocycles. The van der Waals surface area contributed by atoms with Gasteiger partial charge in [-0.1, -0.05) is 59.6 Å². The first-order valence-electron chi connectivity index (χ1n) is 5.79. The topological polar surface area (TPSA) is 40.9 Å². The third-order valence-electron chi connectivity index (χ3n) is 2.69. The fourth-order valence-corrected chi connectivity index (χ4v) is 2.19. The second-order valence-electron chi connectivity index (χ2n) is 4.00. The number of nitrogens with zero attached hydrogens (tertiary/aromatic N) is 1. The fourth-order valence-electron chi connectivity index (χ4n) is 1.69. The lowest BCUT2D eigenvalue weighted by molar-refractivity contribution is 0.104. The van der Waals surface area contributed by atoms with Crippen molar-refractivity contribution < 1.29 is 4.79 Å². The normalized spacial score (nSPS) is 10.9. The summed E-state index contributed by atoms with van der Waals surface area (Å²) in [5.74, 6) is -0.357. The first-order valence-corrected chi connectivity index (χ1v) is 6.54. The Morgan fingerprint density at radius 2 is 1.60 bits per heavy atom. The first-order chi connectivity index (χ1) is 9.63. The molecule has 0 unspecified atom stereocenters. The number of ketones is 1. The van der Waals surface area contributed by atoms with Crippen LogP contribution in [0.15, 0.2) is 54.1 Å². The predicted molar refractivity (Wildman–Crippen MR) is 80.8 cm³/mol. The van der Waals surface area contributed by atoms with Crippen LogP contribution in [-0.4, -0.2) is 5.78 Å². The van der Waals surface area contributed by atoms with Gasteiger partial charge in [-0.2, -0.15) is 5.26 Å². The number of benzene rings is 2. The SMILES string of the molecule is N#CC(=Cc1c(Cl)cccc1Cl)C(=O)c1ccccc1. The highest BCUT2D eigenvalue weighted by Crippen LogP contribution is 2.27. The van der Waals surface area contributed by atoms with E-state index in [0.717, 1.165) is 0 Å². The molecule has 2 nitrogen and oxygen atoms in total. The number of rotatable bonds is 3. The number of carbonyl (C=O) groups excluding carboxylic acids is 1. The van der Waals surface area contributed by atoms with Gasteiger partial charge in [0.1, 0.15) is 11.6 Å². The van der Waals surface area contributed by atoms with Gasteiger partial charge in [-0.05, 0) is 18.2 Å². The monoisotopic (exact) mass is 301 g/mol. The minimum Gasteiger partial charge on any atom is -0.288 e. The number of hydrogen-bond donors (Lipinski definition) is 0. The number of halogens is 2. The van der Waals surface area contributed by atoms with Gasteiger partial charge >= 0.3 is 0 Å². The zero-order chi connectivity index (χ0) is 14.5. The van der Waals surface area contributed by atoms with Gasteiger partial charge in [0.05, 0.1) is 0 Å². The molecule has 0 spiro atoms. The maximum Gasteiger partial charge on any atom is 0.203 e. The number of hydrogen-bond acceptors (Lipinski definition) is 2. The third-order valence-corrected chi connectivity index (χ3v) is 3.35. The van der Waals surface area contributed by atoms with E-state index in [9.17, 15) is 10.1 Å². The Hall–Kier alpha value is -2.08. The summed E-state index contributed by atoms with van der Waals surface area (Å²) in [6.45, 7) is 0. The Kier molecular flexibility index (Phi) is 4.57. The van der Waals surface area contributed by atoms with Crippen molar-refractivity contribution in [3.05, 3.63) is 75.3 Å². The summed E-state index contributed by atoms with van der Waals surface area (Å²) in [6, 6.07) is 15.5. The van der Waals surface area contributed by atoms with Gasteiger partial charge in [0, 0.05) is 21.2 Å². The molecule has 0 bridgehead atoms. The lowest BCUT2D eigenvalue weighted by Gasteiger charge is -2.03. The second kappa shape index (κ2) is 6.38. The molecule has 0 aliphatic heterocycles. The van der Waals surface area contributed by atoms with Crippen LogP contribution in [0.5, 0.6) is 0 Å². The molecule has 0 aliphatic rings. The molecule has 98 valence electrons. The minimum atomic E-state index is -0.357. The van der Waals surface area contributed by atoms with Crippen LogP contribution < -0.4 is 0 Å². The molecule has 2 rings (SSSR count). The molecule has 0 amide bonds. The molecule has 0 N–H and O–H groups in total. The quantitative estimate of drug-likeness (QED) is 0.465. The van der Waals surface area contributed by atoms with Crippen molar-refractivity contribution in [3.63, 3.8) is 0 Å². The second-order valence-corrected chi connectivity index (χ2v) is 4.81. The molecular formula is C16H9Cl2NO. The summed E-state index contributed by atoms with van der Waals surface area (Å²) in [5, 5.41) is 9.96. The van der Waals surface area contributed by atoms with Crippen LogP contribution in [0.4, 0.5) is 0 Å². The maximum absolute atomic E-state index is 12.2. The molecule has 0 saturated heterocycles. The molecule has 0 atom stereocenters. The van der Waals surface area contributed by atoms with E-state index in [1.165, 1.54) is 6.08 Å². The lowest BCUT2D eigenvalue weighted by Crippen LogP contribution is -2.01. The number of carbonyl (C=O) groups is 1. The number of allylic oxidation sites excluding steroid dienone is 1. The molecule has 2 aromatic carbocycles. The number of Topliss-reactive ketones (excluding diaryl/α,β-unsaturated/α-hetero) is 1. The van der Waals surface area contributed by atoms with Crippen LogP contribution in [0.25, 0.3) is 6.08 Å². The van der Waals surface area contributed by atoms with Gasteiger partial charge in [-0.3, -0.25) is 4.79 Å². The molecule has 0 saturated carbocycles. The molecule has 0 heterocycles. The summed E-state index contributed by atoms with van der Waals surface area (Å²) in [7, 11) is 0. The molecule has 0 aliphatic carbocycles. The number of nitriles is 1. The van der Waals surface area contributed by atoms with Crippen LogP contribution in [0.3, 0.4) is 0 Å². The zero-order valence-corrected chi connectivity index (χ0v) is 11.8. The summed E-state index contributed by atoms with van der Waals surface area (Å²) in [4.78, 5) is 12.2. The average molecular weight is 302 g/mol. The van der Waals surface area contributed by atoms with Gasteiger partial charge in [-0.25, -0.2) is 0 Å². The highest BCUT2D eigenvalue weighted by molar-refractivity contribution is 6.37. The van der Waals surface area contributed by atoms with Gasteiger partial charge < -0.3 is 0 Å². The largest absolute Gasteiger partial charge is 0.288 e. The molecular weight excluding hydrogens is 293 g/mol. The van der Waals surface area contributed by atoms with Crippen molar-refractivity contribution in [3.8, 4) is 6.07 Å². The highest BCUT2D eigenvalue weighted by Gasteiger charge is 2.13. The molecule has 4 heteroatoms. The van der Waals surface area contributed by atoms with E-state index in [-0.39, 0.29) is 11.4 Å². The van der Waals surface area contributed by atoms with E-state index in [0.29, 0.717) is 21.2 Å². The van der Waals surface area contributed by atoms with E-state index in [2.05, 4.69) is 0 Å². The first kappa shape index (κ1) is 14.3. The van der Waals surface area contributed by atoms with Crippen molar-refractivity contribution in [1.29, 1.82) is 5.26 Å². The van der Waals surface area contributed by atoms with E-state index >= 15 is 0 Å². The molecule has 2 aromatic rings. The van der Waals surface area contributed by atoms with E-state index in [1.807, 2.05) is 6.07 Å². The van der Waals surface area contributed by atoms with Crippen molar-refractivity contribution in [2.24, 2.45) is 0 Å². The van der Waals surface area contributed by atoms with Crippen LogP contribution in [-0.2, 0) is 0 Å². The summed E-state index contributed by atoms with van der Waals surface area (Å²) >= 11 is 12.1. The van der Waals surface area contributed by atoms with Crippen LogP contribution >= 0.6 is 23.2 Å². The van der Waals surface area contributed by atoms with E-state index in [1.54, 1.807) is 48.5 Å². The summed E-state index contributed by atoms with van der Waals surface area (Å²) < 4.78 is 0. The summed E-state index contributed by atoms with van der Waals surface area (Å²) in [6.07, 6.45) is 1.42. The Bertz CT molecular complexity index is 695. The molecule has 0 radical (unpaired) electrons. The van der Waals surface area contributed by atoms with Crippen LogP contribution in [0, 0.1) is 11.3 Å². The van der Waals surface area contributed by atoms with Crippen molar-refractivity contribution >= 4 is 35.1 Å². The Morgan fingerprint density at radius 1 is 1.00 bits per heavy atom. The Morgan fingerprint density at radius 3 is 2.15 bits per heavy atom. The zero-order valence-electron chi connectivity index (χ0n) is 10.3. The Labute approximate surface area is 126 Å². The fraction of sp³-hybridized carbons (Fsp3) is 0. The summed E-state index contributed by atoms with van der Waals surface area (Å²) in [5.41, 5.74) is 0.909. The van der Waals surface area contributed by atoms with Crippen molar-refractivity contribution in [1.82, 2.24) is 0 Å². The predicted octanol–water partition coefficient (Wildman–Crippen LogP) is 4.78. The van der Waals surface area contributed by atoms with Crippen molar-refractivity contribution in [2.45, 2.75) is 0 Å². The smallest absolute Gasteiger partial charge is 0.203 e. The van der Waals surface area contributed by atoms with Gasteiger partial charge in [0.25, 0.3) is 0 Å². The molecule has 20 heavy (non-hydrogen) atoms. The van der Waals surface area contributed by atoms with E-state index < -0.39 is 0 Å². The van der Waals surface area contributed by atoms with Crippen LogP contribution in [0.2, 0.25) is 10.0 Å². The lowest BCUT2D eigenvalue weighted by atomic mass is 10.0. The molecule has 0 fully saturated rings. The van der Waals surface area contributed by atoms with Crippen molar-refractivity contribution in [2.75, 3.05) is 0 Å². The standard InChI is InChI=1S/C16H9Cl2NO/c17-14-7-4-8-15(18)13(14)9-12(10-19)16(20)11-5-2-1-3-6-11/h1-9H. The maximum atomic E-state index is 12.2. The average Bonchev–Trinajstić information content (AvgIpc) is 2.47. The Balaban J connectivity index is 2.46. The van der Waals surface area contributed by atoms with Gasteiger partial charge in [0.15, 0.2) is 0 Å². The highest BCUT2D eigenvalue weighted by atomic mass is 35.5. The van der Waals surface area contributed by atoms with Gasteiger partial charge in [-0.15, -0.1) is 0 Å². The van der Waals surface area contributed by atoms with E-state index in [4.69, 9.17) is 23.2 Å². The minimum absolute atomic E-state index is 0.00815. The third kappa shape index (κ3) is 3.08.